The average Bonchev–Trinajstić information content (AvgIpc) is 3.85. The number of carbonyl (C=O) groups excluding carboxylic acids is 6. The van der Waals surface area contributed by atoms with Gasteiger partial charge in [-0.15, -0.1) is 0 Å². The first-order chi connectivity index (χ1) is 28.4. The van der Waals surface area contributed by atoms with Gasteiger partial charge in [-0.1, -0.05) is 76.3 Å². The fourth-order valence-corrected chi connectivity index (χ4v) is 7.68. The molecule has 0 spiro atoms. The molecule has 0 radical (unpaired) electrons. The topological polar surface area (TPSA) is 287 Å². The van der Waals surface area contributed by atoms with Gasteiger partial charge in [0.05, 0.1) is 19.1 Å². The first kappa shape index (κ1) is 47.1. The van der Waals surface area contributed by atoms with Gasteiger partial charge in [0.15, 0.2) is 0 Å². The molecule has 4 rings (SSSR count). The molecule has 19 heteroatoms. The van der Waals surface area contributed by atoms with Gasteiger partial charge in [-0.25, -0.2) is 4.79 Å². The maximum Gasteiger partial charge on any atom is 0.329 e. The van der Waals surface area contributed by atoms with E-state index in [-0.39, 0.29) is 44.8 Å². The normalized spacial score (nSPS) is 20.4. The molecule has 1 aromatic carbocycles. The highest BCUT2D eigenvalue weighted by Gasteiger charge is 2.54. The number of likely N-dealkylation sites (tertiary alicyclic amines) is 1. The Morgan fingerprint density at radius 3 is 1.98 bits per heavy atom. The number of rotatable bonds is 22. The lowest BCUT2D eigenvalue weighted by Crippen LogP contribution is -2.60. The summed E-state index contributed by atoms with van der Waals surface area (Å²) in [6.45, 7) is 4.61. The minimum absolute atomic E-state index is 0.00654. The number of aliphatic carboxylic acids is 3. The number of carboxylic acid groups (broad SMARTS) is 3. The van der Waals surface area contributed by atoms with Crippen molar-refractivity contribution in [1.82, 2.24) is 31.5 Å². The van der Waals surface area contributed by atoms with E-state index < -0.39 is 120 Å². The number of carbonyl (C=O) groups is 9. The molecule has 19 nitrogen and oxygen atoms in total. The van der Waals surface area contributed by atoms with Crippen molar-refractivity contribution in [3.63, 3.8) is 0 Å². The van der Waals surface area contributed by atoms with Crippen molar-refractivity contribution >= 4 is 53.4 Å². The van der Waals surface area contributed by atoms with Crippen LogP contribution in [0.5, 0.6) is 0 Å². The third-order valence-corrected chi connectivity index (χ3v) is 11.2. The smallest absolute Gasteiger partial charge is 0.329 e. The maximum absolute atomic E-state index is 14.5. The molecule has 1 saturated heterocycles. The summed E-state index contributed by atoms with van der Waals surface area (Å²) in [6, 6.07) is 2.52. The van der Waals surface area contributed by atoms with Crippen LogP contribution in [0.25, 0.3) is 0 Å². The molecule has 8 N–H and O–H groups in total. The zero-order valence-corrected chi connectivity index (χ0v) is 34.3. The van der Waals surface area contributed by atoms with Crippen LogP contribution in [-0.4, -0.2) is 122 Å². The zero-order valence-electron chi connectivity index (χ0n) is 34.3. The molecule has 60 heavy (non-hydrogen) atoms. The quantitative estimate of drug-likeness (QED) is 0.0804. The molecule has 3 fully saturated rings. The second-order valence-electron chi connectivity index (χ2n) is 16.4. The summed E-state index contributed by atoms with van der Waals surface area (Å²) in [5.74, 6) is -9.19. The number of ether oxygens (including phenoxy) is 1. The molecule has 0 bridgehead atoms. The maximum atomic E-state index is 14.5. The molecule has 6 amide bonds. The van der Waals surface area contributed by atoms with E-state index in [1.165, 1.54) is 4.90 Å². The van der Waals surface area contributed by atoms with Crippen molar-refractivity contribution in [1.29, 1.82) is 0 Å². The molecule has 0 aromatic heterocycles. The number of hydrogen-bond donors (Lipinski definition) is 8. The largest absolute Gasteiger partial charge is 0.481 e. The van der Waals surface area contributed by atoms with Crippen LogP contribution >= 0.6 is 0 Å². The van der Waals surface area contributed by atoms with E-state index in [1.807, 2.05) is 30.3 Å². The zero-order chi connectivity index (χ0) is 44.1. The molecule has 330 valence electrons. The number of nitrogens with one attached hydrogen (secondary N) is 5. The lowest BCUT2D eigenvalue weighted by atomic mass is 9.84. The monoisotopic (exact) mass is 842 g/mol. The van der Waals surface area contributed by atoms with Crippen LogP contribution in [0.1, 0.15) is 103 Å². The summed E-state index contributed by atoms with van der Waals surface area (Å²) in [5.41, 5.74) is -0.560. The van der Waals surface area contributed by atoms with E-state index in [4.69, 9.17) is 4.74 Å². The van der Waals surface area contributed by atoms with Crippen molar-refractivity contribution in [3.8, 4) is 0 Å². The second kappa shape index (κ2) is 21.6. The Kier molecular flexibility index (Phi) is 17.0. The number of amides is 6. The molecule has 1 aromatic rings. The highest BCUT2D eigenvalue weighted by Crippen LogP contribution is 2.36. The van der Waals surface area contributed by atoms with E-state index in [0.29, 0.717) is 0 Å². The summed E-state index contributed by atoms with van der Waals surface area (Å²) in [7, 11) is 0. The molecular weight excluding hydrogens is 784 g/mol. The Morgan fingerprint density at radius 2 is 1.42 bits per heavy atom. The minimum atomic E-state index is -1.59. The third kappa shape index (κ3) is 13.7. The molecule has 6 unspecified atom stereocenters. The number of hydrogen-bond acceptors (Lipinski definition) is 10. The van der Waals surface area contributed by atoms with Gasteiger partial charge in [0.2, 0.25) is 35.4 Å². The van der Waals surface area contributed by atoms with Gasteiger partial charge >= 0.3 is 17.9 Å². The molecule has 2 saturated carbocycles. The highest BCUT2D eigenvalue weighted by atomic mass is 16.5. The summed E-state index contributed by atoms with van der Waals surface area (Å²) in [5, 5.41) is 41.1. The summed E-state index contributed by atoms with van der Waals surface area (Å²) in [6.07, 6.45) is 2.52. The van der Waals surface area contributed by atoms with Gasteiger partial charge in [-0.05, 0) is 43.1 Å². The van der Waals surface area contributed by atoms with E-state index >= 15 is 0 Å². The molecule has 1 heterocycles. The Morgan fingerprint density at radius 1 is 0.800 bits per heavy atom. The summed E-state index contributed by atoms with van der Waals surface area (Å²) in [4.78, 5) is 117. The van der Waals surface area contributed by atoms with Crippen LogP contribution in [0, 0.1) is 11.8 Å². The van der Waals surface area contributed by atoms with Crippen LogP contribution in [0.2, 0.25) is 0 Å². The number of nitrogens with zero attached hydrogens (tertiary/aromatic N) is 1. The molecule has 1 aliphatic heterocycles. The van der Waals surface area contributed by atoms with Crippen LogP contribution in [-0.2, 0) is 54.5 Å². The second-order valence-corrected chi connectivity index (χ2v) is 16.4. The van der Waals surface area contributed by atoms with Crippen molar-refractivity contribution in [2.24, 2.45) is 11.8 Å². The van der Waals surface area contributed by atoms with Gasteiger partial charge in [0.25, 0.3) is 0 Å². The Balaban J connectivity index is 1.57. The lowest BCUT2D eigenvalue weighted by Gasteiger charge is -2.33. The van der Waals surface area contributed by atoms with Crippen LogP contribution in [0.3, 0.4) is 0 Å². The van der Waals surface area contributed by atoms with Gasteiger partial charge in [0, 0.05) is 26.3 Å². The first-order valence-corrected chi connectivity index (χ1v) is 20.5. The fraction of sp³-hybridized carbons (Fsp3) is 0.634. The predicted molar refractivity (Wildman–Crippen MR) is 211 cm³/mol. The van der Waals surface area contributed by atoms with Crippen molar-refractivity contribution in [2.45, 2.75) is 146 Å². The van der Waals surface area contributed by atoms with E-state index in [1.54, 1.807) is 13.8 Å². The number of carboxylic acids is 3. The Labute approximate surface area is 348 Å². The highest BCUT2D eigenvalue weighted by molar-refractivity contribution is 5.98. The minimum Gasteiger partial charge on any atom is -0.481 e. The summed E-state index contributed by atoms with van der Waals surface area (Å²) >= 11 is 0. The van der Waals surface area contributed by atoms with E-state index in [0.717, 1.165) is 44.6 Å². The third-order valence-electron chi connectivity index (χ3n) is 11.2. The molecular formula is C41H58N6O13. The van der Waals surface area contributed by atoms with Crippen LogP contribution < -0.4 is 26.6 Å². The van der Waals surface area contributed by atoms with Crippen molar-refractivity contribution < 1.29 is 63.2 Å². The summed E-state index contributed by atoms with van der Waals surface area (Å²) < 4.78 is 6.13. The van der Waals surface area contributed by atoms with E-state index in [9.17, 15) is 58.5 Å². The molecule has 3 aliphatic rings. The average molecular weight is 843 g/mol. The van der Waals surface area contributed by atoms with Gasteiger partial charge < -0.3 is 51.5 Å². The SMILES string of the molecule is CC(=O)NC(CC(=O)O)C(=O)NC(CCC(=O)O)C(=O)NC(CC1CCCCC1)C(=O)NC(C(=O)N1CC(OCc2ccccc2)CC1C(=O)NC1(C(=O)O)CC1)C(C)C. The molecule has 2 aliphatic carbocycles. The molecule has 6 atom stereocenters. The van der Waals surface area contributed by atoms with E-state index in [2.05, 4.69) is 26.6 Å². The predicted octanol–water partition coefficient (Wildman–Crippen LogP) is 0.831. The standard InChI is InChI=1S/C41H58N6O13/c1-23(2)34(39(57)47-21-27(60-22-26-12-8-5-9-13-26)19-31(47)38(56)46-41(16-17-41)40(58)59)45-37(55)29(18-25-10-6-4-7-11-25)44-35(53)28(14-15-32(49)50)43-36(54)30(20-33(51)52)42-24(3)48/h5,8-9,12-13,23,25,27-31,34H,4,6-7,10-11,14-22H2,1-3H3,(H,42,48)(H,43,54)(H,44,53)(H,45,55)(H,46,56)(H,49,50)(H,51,52)(H,58,59). The van der Waals surface area contributed by atoms with Gasteiger partial charge in [-0.2, -0.15) is 0 Å². The van der Waals surface area contributed by atoms with Gasteiger partial charge in [0.1, 0.15) is 35.7 Å². The van der Waals surface area contributed by atoms with Crippen molar-refractivity contribution in [3.05, 3.63) is 35.9 Å². The first-order valence-electron chi connectivity index (χ1n) is 20.5. The van der Waals surface area contributed by atoms with Crippen LogP contribution in [0.15, 0.2) is 30.3 Å². The lowest BCUT2D eigenvalue weighted by molar-refractivity contribution is -0.146. The van der Waals surface area contributed by atoms with Gasteiger partial charge in [-0.3, -0.25) is 38.4 Å². The van der Waals surface area contributed by atoms with Crippen molar-refractivity contribution in [2.75, 3.05) is 6.54 Å². The Hall–Kier alpha value is -5.59. The number of benzene rings is 1. The Bertz CT molecular complexity index is 1730. The fourth-order valence-electron chi connectivity index (χ4n) is 7.68. The van der Waals surface area contributed by atoms with Crippen LogP contribution in [0.4, 0.5) is 0 Å².